The number of hydrogen-bond donors (Lipinski definition) is 1. The Morgan fingerprint density at radius 2 is 2.05 bits per heavy atom. The molecule has 2 aliphatic rings. The van der Waals surface area contributed by atoms with Gasteiger partial charge in [-0.2, -0.15) is 0 Å². The average Bonchev–Trinajstić information content (AvgIpc) is 2.75. The minimum atomic E-state index is 0.248. The number of aryl methyl sites for hydroxylation is 1. The van der Waals surface area contributed by atoms with E-state index in [2.05, 4.69) is 36.8 Å². The fourth-order valence-electron chi connectivity index (χ4n) is 3.50. The second-order valence-corrected chi connectivity index (χ2v) is 6.64. The first-order valence-electron chi connectivity index (χ1n) is 7.24. The van der Waals surface area contributed by atoms with E-state index in [0.717, 1.165) is 26.1 Å². The van der Waals surface area contributed by atoms with Crippen LogP contribution in [0.15, 0.2) is 18.2 Å². The quantitative estimate of drug-likeness (QED) is 0.840. The number of likely N-dealkylation sites (N-methyl/N-ethyl adjacent to an activating group) is 1. The van der Waals surface area contributed by atoms with Crippen LogP contribution in [0, 0.1) is 0 Å². The topological polar surface area (TPSA) is 26.7 Å². The van der Waals surface area contributed by atoms with Crippen LogP contribution in [0.2, 0.25) is 0 Å². The molecule has 104 valence electrons. The molecule has 1 aliphatic heterocycles. The number of hydrogen-bond acceptors (Lipinski definition) is 3. The normalized spacial score (nSPS) is 27.4. The Balaban J connectivity index is 1.82. The summed E-state index contributed by atoms with van der Waals surface area (Å²) < 4.78 is 0. The minimum Gasteiger partial charge on any atom is -0.508 e. The van der Waals surface area contributed by atoms with Crippen molar-refractivity contribution in [3.8, 4) is 5.75 Å². The van der Waals surface area contributed by atoms with Gasteiger partial charge in [0, 0.05) is 31.2 Å². The molecular weight excluding hydrogens is 236 g/mol. The van der Waals surface area contributed by atoms with Crippen molar-refractivity contribution in [2.45, 2.75) is 38.3 Å². The van der Waals surface area contributed by atoms with Crippen LogP contribution in [-0.4, -0.2) is 47.1 Å². The summed E-state index contributed by atoms with van der Waals surface area (Å²) >= 11 is 0. The highest BCUT2D eigenvalue weighted by Crippen LogP contribution is 2.39. The molecule has 19 heavy (non-hydrogen) atoms. The van der Waals surface area contributed by atoms with E-state index in [9.17, 15) is 5.11 Å². The number of phenols is 1. The Hall–Kier alpha value is -1.06. The fourth-order valence-corrected chi connectivity index (χ4v) is 3.50. The van der Waals surface area contributed by atoms with E-state index in [1.54, 1.807) is 0 Å². The van der Waals surface area contributed by atoms with Crippen molar-refractivity contribution < 1.29 is 5.11 Å². The molecule has 1 heterocycles. The molecule has 0 amide bonds. The second kappa shape index (κ2) is 4.50. The molecule has 1 saturated heterocycles. The van der Waals surface area contributed by atoms with E-state index >= 15 is 0 Å². The lowest BCUT2D eigenvalue weighted by Gasteiger charge is -2.47. The predicted molar refractivity (Wildman–Crippen MR) is 77.5 cm³/mol. The molecule has 3 heteroatoms. The lowest BCUT2D eigenvalue weighted by atomic mass is 9.96. The van der Waals surface area contributed by atoms with Crippen LogP contribution in [0.1, 0.15) is 37.4 Å². The monoisotopic (exact) mass is 260 g/mol. The number of aromatic hydroxyl groups is 1. The zero-order valence-corrected chi connectivity index (χ0v) is 12.2. The minimum absolute atomic E-state index is 0.248. The van der Waals surface area contributed by atoms with E-state index in [0.29, 0.717) is 11.8 Å². The molecule has 1 aliphatic carbocycles. The highest BCUT2D eigenvalue weighted by atomic mass is 16.3. The van der Waals surface area contributed by atoms with Crippen molar-refractivity contribution >= 4 is 0 Å². The highest BCUT2D eigenvalue weighted by Gasteiger charge is 2.36. The number of piperazine rings is 1. The molecule has 0 aromatic heterocycles. The predicted octanol–water partition coefficient (Wildman–Crippen LogP) is 2.41. The summed E-state index contributed by atoms with van der Waals surface area (Å²) in [5.41, 5.74) is 3.01. The number of benzene rings is 1. The van der Waals surface area contributed by atoms with Crippen LogP contribution >= 0.6 is 0 Å². The zero-order chi connectivity index (χ0) is 13.6. The molecule has 1 unspecified atom stereocenters. The summed E-state index contributed by atoms with van der Waals surface area (Å²) in [5, 5.41) is 9.59. The third kappa shape index (κ3) is 2.26. The summed E-state index contributed by atoms with van der Waals surface area (Å²) in [6, 6.07) is 6.44. The Labute approximate surface area is 115 Å². The lowest BCUT2D eigenvalue weighted by molar-refractivity contribution is 0.0164. The molecule has 1 atom stereocenters. The molecule has 3 rings (SSSR count). The third-order valence-corrected chi connectivity index (χ3v) is 4.96. The SMILES string of the molecule is CN1CCN(C2CCc3cc(O)ccc32)CC1(C)C. The molecule has 0 bridgehead atoms. The Bertz CT molecular complexity index is 484. The van der Waals surface area contributed by atoms with E-state index in [-0.39, 0.29) is 5.54 Å². The molecule has 1 aromatic rings. The number of rotatable bonds is 1. The maximum atomic E-state index is 9.59. The smallest absolute Gasteiger partial charge is 0.115 e. The van der Waals surface area contributed by atoms with Gasteiger partial charge in [0.2, 0.25) is 0 Å². The van der Waals surface area contributed by atoms with E-state index in [4.69, 9.17) is 0 Å². The highest BCUT2D eigenvalue weighted by molar-refractivity contribution is 5.40. The first kappa shape index (κ1) is 12.9. The Morgan fingerprint density at radius 1 is 1.26 bits per heavy atom. The van der Waals surface area contributed by atoms with Crippen LogP contribution in [0.5, 0.6) is 5.75 Å². The third-order valence-electron chi connectivity index (χ3n) is 4.96. The largest absolute Gasteiger partial charge is 0.508 e. The summed E-state index contributed by atoms with van der Waals surface area (Å²) in [7, 11) is 2.22. The van der Waals surface area contributed by atoms with Crippen molar-refractivity contribution in [1.29, 1.82) is 0 Å². The van der Waals surface area contributed by atoms with Crippen molar-refractivity contribution in [2.75, 3.05) is 26.7 Å². The van der Waals surface area contributed by atoms with Crippen LogP contribution in [0.3, 0.4) is 0 Å². The van der Waals surface area contributed by atoms with Gasteiger partial charge in [0.25, 0.3) is 0 Å². The van der Waals surface area contributed by atoms with Crippen LogP contribution in [-0.2, 0) is 6.42 Å². The molecule has 0 radical (unpaired) electrons. The summed E-state index contributed by atoms with van der Waals surface area (Å²) in [6.45, 7) is 8.05. The zero-order valence-electron chi connectivity index (χ0n) is 12.2. The van der Waals surface area contributed by atoms with Crippen LogP contribution in [0.25, 0.3) is 0 Å². The van der Waals surface area contributed by atoms with E-state index < -0.39 is 0 Å². The van der Waals surface area contributed by atoms with Gasteiger partial charge in [0.05, 0.1) is 0 Å². The maximum absolute atomic E-state index is 9.59. The Morgan fingerprint density at radius 3 is 2.79 bits per heavy atom. The number of phenolic OH excluding ortho intramolecular Hbond substituents is 1. The van der Waals surface area contributed by atoms with Gasteiger partial charge in [0.1, 0.15) is 5.75 Å². The van der Waals surface area contributed by atoms with Gasteiger partial charge in [0.15, 0.2) is 0 Å². The fraction of sp³-hybridized carbons (Fsp3) is 0.625. The van der Waals surface area contributed by atoms with Crippen LogP contribution < -0.4 is 0 Å². The second-order valence-electron chi connectivity index (χ2n) is 6.64. The van der Waals surface area contributed by atoms with Gasteiger partial charge >= 0.3 is 0 Å². The van der Waals surface area contributed by atoms with E-state index in [1.807, 2.05) is 12.1 Å². The van der Waals surface area contributed by atoms with Gasteiger partial charge in [-0.3, -0.25) is 9.80 Å². The molecule has 1 N–H and O–H groups in total. The molecule has 0 saturated carbocycles. The van der Waals surface area contributed by atoms with Crippen LogP contribution in [0.4, 0.5) is 0 Å². The first-order chi connectivity index (χ1) is 8.97. The first-order valence-corrected chi connectivity index (χ1v) is 7.24. The van der Waals surface area contributed by atoms with E-state index in [1.165, 1.54) is 17.5 Å². The number of fused-ring (bicyclic) bond motifs is 1. The summed E-state index contributed by atoms with van der Waals surface area (Å²) in [5.74, 6) is 0.401. The lowest BCUT2D eigenvalue weighted by Crippen LogP contribution is -2.57. The maximum Gasteiger partial charge on any atom is 0.115 e. The molecule has 1 fully saturated rings. The van der Waals surface area contributed by atoms with Crippen molar-refractivity contribution in [1.82, 2.24) is 9.80 Å². The standard InChI is InChI=1S/C16H24N2O/c1-16(2)11-18(9-8-17(16)3)15-7-4-12-10-13(19)5-6-14(12)15/h5-6,10,15,19H,4,7-9,11H2,1-3H3. The summed E-state index contributed by atoms with van der Waals surface area (Å²) in [6.07, 6.45) is 2.29. The Kier molecular flexibility index (Phi) is 3.06. The molecular formula is C16H24N2O. The molecule has 0 spiro atoms. The van der Waals surface area contributed by atoms with Gasteiger partial charge in [-0.25, -0.2) is 0 Å². The van der Waals surface area contributed by atoms with Gasteiger partial charge < -0.3 is 5.11 Å². The van der Waals surface area contributed by atoms with Gasteiger partial charge in [-0.1, -0.05) is 6.07 Å². The van der Waals surface area contributed by atoms with Gasteiger partial charge in [-0.15, -0.1) is 0 Å². The molecule has 1 aromatic carbocycles. The van der Waals surface area contributed by atoms with Crippen molar-refractivity contribution in [2.24, 2.45) is 0 Å². The number of nitrogens with zero attached hydrogens (tertiary/aromatic N) is 2. The molecule has 3 nitrogen and oxygen atoms in total. The van der Waals surface area contributed by atoms with Crippen molar-refractivity contribution in [3.63, 3.8) is 0 Å². The average molecular weight is 260 g/mol. The summed E-state index contributed by atoms with van der Waals surface area (Å²) in [4.78, 5) is 5.08. The van der Waals surface area contributed by atoms with Crippen molar-refractivity contribution in [3.05, 3.63) is 29.3 Å². The van der Waals surface area contributed by atoms with Gasteiger partial charge in [-0.05, 0) is 57.0 Å².